The average molecular weight is 351 g/mol. The molecule has 0 spiro atoms. The SMILES string of the molecule is CCc1c(C(=O)NCC(C)c2ccccc2)cnn1-c1ccc(F)cc1. The first-order valence-corrected chi connectivity index (χ1v) is 8.76. The molecule has 0 saturated heterocycles. The van der Waals surface area contributed by atoms with Crippen LogP contribution in [0, 0.1) is 5.82 Å². The van der Waals surface area contributed by atoms with E-state index in [1.807, 2.05) is 25.1 Å². The van der Waals surface area contributed by atoms with Gasteiger partial charge in [0.25, 0.3) is 5.91 Å². The van der Waals surface area contributed by atoms with Gasteiger partial charge in [-0.15, -0.1) is 0 Å². The fourth-order valence-electron chi connectivity index (χ4n) is 2.95. The van der Waals surface area contributed by atoms with Crippen LogP contribution in [0.5, 0.6) is 0 Å². The van der Waals surface area contributed by atoms with Gasteiger partial charge in [0.2, 0.25) is 0 Å². The number of hydrogen-bond acceptors (Lipinski definition) is 2. The van der Waals surface area contributed by atoms with Crippen LogP contribution in [0.1, 0.15) is 41.4 Å². The van der Waals surface area contributed by atoms with Crippen LogP contribution in [0.25, 0.3) is 5.69 Å². The first-order chi connectivity index (χ1) is 12.6. The van der Waals surface area contributed by atoms with Gasteiger partial charge in [-0.3, -0.25) is 4.79 Å². The first kappa shape index (κ1) is 17.9. The molecule has 1 unspecified atom stereocenters. The first-order valence-electron chi connectivity index (χ1n) is 8.76. The minimum Gasteiger partial charge on any atom is -0.351 e. The van der Waals surface area contributed by atoms with Crippen molar-refractivity contribution in [3.8, 4) is 5.69 Å². The molecule has 1 amide bonds. The highest BCUT2D eigenvalue weighted by molar-refractivity contribution is 5.95. The maximum atomic E-state index is 13.1. The Bertz CT molecular complexity index is 872. The second-order valence-corrected chi connectivity index (χ2v) is 6.27. The Labute approximate surface area is 152 Å². The van der Waals surface area contributed by atoms with E-state index in [2.05, 4.69) is 29.5 Å². The summed E-state index contributed by atoms with van der Waals surface area (Å²) in [6.45, 7) is 4.60. The Morgan fingerprint density at radius 3 is 2.50 bits per heavy atom. The van der Waals surface area contributed by atoms with Crippen LogP contribution >= 0.6 is 0 Å². The number of halogens is 1. The number of aromatic nitrogens is 2. The van der Waals surface area contributed by atoms with Gasteiger partial charge in [-0.05, 0) is 42.2 Å². The molecule has 0 fully saturated rings. The summed E-state index contributed by atoms with van der Waals surface area (Å²) in [6, 6.07) is 16.2. The van der Waals surface area contributed by atoms with Gasteiger partial charge >= 0.3 is 0 Å². The number of nitrogens with one attached hydrogen (secondary N) is 1. The van der Waals surface area contributed by atoms with Gasteiger partial charge in [0, 0.05) is 6.54 Å². The third-order valence-electron chi connectivity index (χ3n) is 4.46. The number of hydrogen-bond donors (Lipinski definition) is 1. The van der Waals surface area contributed by atoms with Gasteiger partial charge in [0.1, 0.15) is 5.82 Å². The quantitative estimate of drug-likeness (QED) is 0.726. The van der Waals surface area contributed by atoms with E-state index in [0.29, 0.717) is 18.5 Å². The van der Waals surface area contributed by atoms with Crippen LogP contribution in [-0.4, -0.2) is 22.2 Å². The normalized spacial score (nSPS) is 12.0. The van der Waals surface area contributed by atoms with Crippen molar-refractivity contribution < 1.29 is 9.18 Å². The molecule has 0 aliphatic heterocycles. The summed E-state index contributed by atoms with van der Waals surface area (Å²) in [6.07, 6.45) is 2.22. The fraction of sp³-hybridized carbons (Fsp3) is 0.238. The maximum absolute atomic E-state index is 13.1. The average Bonchev–Trinajstić information content (AvgIpc) is 3.11. The molecule has 5 heteroatoms. The molecule has 1 N–H and O–H groups in total. The fourth-order valence-corrected chi connectivity index (χ4v) is 2.95. The van der Waals surface area contributed by atoms with Crippen LogP contribution < -0.4 is 5.32 Å². The number of rotatable bonds is 6. The second-order valence-electron chi connectivity index (χ2n) is 6.27. The predicted octanol–water partition coefficient (Wildman–Crippen LogP) is 4.11. The van der Waals surface area contributed by atoms with Gasteiger partial charge in [-0.2, -0.15) is 5.10 Å². The summed E-state index contributed by atoms with van der Waals surface area (Å²) >= 11 is 0. The Hall–Kier alpha value is -2.95. The Kier molecular flexibility index (Phi) is 5.46. The molecule has 0 radical (unpaired) electrons. The van der Waals surface area contributed by atoms with Gasteiger partial charge in [0.15, 0.2) is 0 Å². The highest BCUT2D eigenvalue weighted by Gasteiger charge is 2.18. The molecule has 1 heterocycles. The molecule has 0 aliphatic rings. The predicted molar refractivity (Wildman–Crippen MR) is 100 cm³/mol. The molecule has 26 heavy (non-hydrogen) atoms. The summed E-state index contributed by atoms with van der Waals surface area (Å²) in [5.41, 5.74) is 3.28. The van der Waals surface area contributed by atoms with Crippen molar-refractivity contribution in [2.75, 3.05) is 6.54 Å². The molecule has 1 atom stereocenters. The number of nitrogens with zero attached hydrogens (tertiary/aromatic N) is 2. The maximum Gasteiger partial charge on any atom is 0.254 e. The van der Waals surface area contributed by atoms with Gasteiger partial charge in [0.05, 0.1) is 23.1 Å². The number of carbonyl (C=O) groups excluding carboxylic acids is 1. The van der Waals surface area contributed by atoms with E-state index in [-0.39, 0.29) is 17.6 Å². The molecule has 0 saturated carbocycles. The molecule has 0 bridgehead atoms. The number of carbonyl (C=O) groups is 1. The summed E-state index contributed by atoms with van der Waals surface area (Å²) in [7, 11) is 0. The van der Waals surface area contributed by atoms with E-state index in [9.17, 15) is 9.18 Å². The largest absolute Gasteiger partial charge is 0.351 e. The topological polar surface area (TPSA) is 46.9 Å². The zero-order chi connectivity index (χ0) is 18.5. The third-order valence-corrected chi connectivity index (χ3v) is 4.46. The minimum atomic E-state index is -0.299. The molecule has 1 aromatic heterocycles. The lowest BCUT2D eigenvalue weighted by molar-refractivity contribution is 0.0950. The third kappa shape index (κ3) is 3.82. The molecule has 134 valence electrons. The minimum absolute atomic E-state index is 0.141. The zero-order valence-electron chi connectivity index (χ0n) is 14.9. The summed E-state index contributed by atoms with van der Waals surface area (Å²) in [5.74, 6) is -0.220. The Morgan fingerprint density at radius 2 is 1.85 bits per heavy atom. The highest BCUT2D eigenvalue weighted by atomic mass is 19.1. The van der Waals surface area contributed by atoms with Crippen molar-refractivity contribution in [2.24, 2.45) is 0 Å². The molecule has 3 rings (SSSR count). The van der Waals surface area contributed by atoms with E-state index < -0.39 is 0 Å². The van der Waals surface area contributed by atoms with Crippen LogP contribution in [0.3, 0.4) is 0 Å². The van der Waals surface area contributed by atoms with Crippen LogP contribution in [0.4, 0.5) is 4.39 Å². The number of amides is 1. The van der Waals surface area contributed by atoms with Gasteiger partial charge in [-0.1, -0.05) is 44.2 Å². The van der Waals surface area contributed by atoms with Crippen molar-refractivity contribution in [1.82, 2.24) is 15.1 Å². The molecule has 2 aromatic carbocycles. The van der Waals surface area contributed by atoms with Gasteiger partial charge in [-0.25, -0.2) is 9.07 Å². The van der Waals surface area contributed by atoms with Crippen LogP contribution in [0.15, 0.2) is 60.8 Å². The standard InChI is InChI=1S/C21H22FN3O/c1-3-20-19(14-24-25(20)18-11-9-17(22)10-12-18)21(26)23-13-15(2)16-7-5-4-6-8-16/h4-12,14-15H,3,13H2,1-2H3,(H,23,26). The lowest BCUT2D eigenvalue weighted by Crippen LogP contribution is -2.28. The van der Waals surface area contributed by atoms with Crippen molar-refractivity contribution in [1.29, 1.82) is 0 Å². The van der Waals surface area contributed by atoms with E-state index in [1.165, 1.54) is 17.7 Å². The lowest BCUT2D eigenvalue weighted by Gasteiger charge is -2.13. The molecular formula is C21H22FN3O. The van der Waals surface area contributed by atoms with Crippen molar-refractivity contribution in [3.05, 3.63) is 83.4 Å². The molecule has 0 aliphatic carbocycles. The van der Waals surface area contributed by atoms with Gasteiger partial charge < -0.3 is 5.32 Å². The second kappa shape index (κ2) is 7.95. The van der Waals surface area contributed by atoms with E-state index in [1.54, 1.807) is 23.0 Å². The summed E-state index contributed by atoms with van der Waals surface area (Å²) in [4.78, 5) is 12.6. The molecule has 4 nitrogen and oxygen atoms in total. The highest BCUT2D eigenvalue weighted by Crippen LogP contribution is 2.17. The lowest BCUT2D eigenvalue weighted by atomic mass is 10.0. The monoisotopic (exact) mass is 351 g/mol. The Balaban J connectivity index is 1.74. The van der Waals surface area contributed by atoms with E-state index >= 15 is 0 Å². The molecule has 3 aromatic rings. The van der Waals surface area contributed by atoms with Crippen LogP contribution in [-0.2, 0) is 6.42 Å². The van der Waals surface area contributed by atoms with Crippen molar-refractivity contribution >= 4 is 5.91 Å². The van der Waals surface area contributed by atoms with Crippen molar-refractivity contribution in [3.63, 3.8) is 0 Å². The smallest absolute Gasteiger partial charge is 0.254 e. The van der Waals surface area contributed by atoms with Crippen molar-refractivity contribution in [2.45, 2.75) is 26.2 Å². The summed E-state index contributed by atoms with van der Waals surface area (Å²) < 4.78 is 14.8. The van der Waals surface area contributed by atoms with E-state index in [0.717, 1.165) is 11.4 Å². The molecular weight excluding hydrogens is 329 g/mol. The zero-order valence-corrected chi connectivity index (χ0v) is 14.9. The Morgan fingerprint density at radius 1 is 1.15 bits per heavy atom. The summed E-state index contributed by atoms with van der Waals surface area (Å²) in [5, 5.41) is 7.32. The number of benzene rings is 2. The van der Waals surface area contributed by atoms with E-state index in [4.69, 9.17) is 0 Å². The van der Waals surface area contributed by atoms with Crippen LogP contribution in [0.2, 0.25) is 0 Å².